The summed E-state index contributed by atoms with van der Waals surface area (Å²) in [5, 5.41) is 3.03. The third kappa shape index (κ3) is 2.48. The molecule has 1 N–H and O–H groups in total. The SMILES string of the molecule is Cc1ncnc(C)c1C(=O)N1CCC2(C(=O)Nc3ccccc32)C1c1cccnc1. The van der Waals surface area contributed by atoms with Gasteiger partial charge in [-0.3, -0.25) is 14.6 Å². The molecule has 2 aliphatic rings. The number of rotatable bonds is 2. The number of nitrogens with one attached hydrogen (secondary N) is 1. The van der Waals surface area contributed by atoms with Gasteiger partial charge in [-0.2, -0.15) is 0 Å². The van der Waals surface area contributed by atoms with Gasteiger partial charge in [0.2, 0.25) is 5.91 Å². The van der Waals surface area contributed by atoms with E-state index < -0.39 is 11.5 Å². The van der Waals surface area contributed by atoms with Crippen molar-refractivity contribution in [3.63, 3.8) is 0 Å². The lowest BCUT2D eigenvalue weighted by molar-refractivity contribution is -0.121. The van der Waals surface area contributed by atoms with Gasteiger partial charge in [-0.25, -0.2) is 9.97 Å². The average molecular weight is 399 g/mol. The molecule has 3 aromatic rings. The summed E-state index contributed by atoms with van der Waals surface area (Å²) in [5.74, 6) is -0.237. The van der Waals surface area contributed by atoms with Gasteiger partial charge in [-0.05, 0) is 43.5 Å². The maximum absolute atomic E-state index is 13.7. The number of fused-ring (bicyclic) bond motifs is 2. The third-order valence-electron chi connectivity index (χ3n) is 6.29. The lowest BCUT2D eigenvalue weighted by Crippen LogP contribution is -2.43. The van der Waals surface area contributed by atoms with Gasteiger partial charge in [-0.15, -0.1) is 0 Å². The molecule has 7 heteroatoms. The maximum Gasteiger partial charge on any atom is 0.258 e. The second-order valence-electron chi connectivity index (χ2n) is 7.83. The summed E-state index contributed by atoms with van der Waals surface area (Å²) in [5.41, 5.74) is 3.48. The van der Waals surface area contributed by atoms with E-state index in [-0.39, 0.29) is 11.8 Å². The number of likely N-dealkylation sites (tertiary alicyclic amines) is 1. The molecule has 0 radical (unpaired) electrons. The minimum atomic E-state index is -0.854. The van der Waals surface area contributed by atoms with E-state index in [0.29, 0.717) is 29.9 Å². The molecule has 2 atom stereocenters. The minimum absolute atomic E-state index is 0.0781. The lowest BCUT2D eigenvalue weighted by atomic mass is 9.73. The van der Waals surface area contributed by atoms with Crippen LogP contribution >= 0.6 is 0 Å². The third-order valence-corrected chi connectivity index (χ3v) is 6.29. The molecule has 1 saturated heterocycles. The summed E-state index contributed by atoms with van der Waals surface area (Å²) in [4.78, 5) is 41.6. The Balaban J connectivity index is 1.69. The first kappa shape index (κ1) is 18.4. The quantitative estimate of drug-likeness (QED) is 0.716. The van der Waals surface area contributed by atoms with E-state index in [2.05, 4.69) is 20.3 Å². The summed E-state index contributed by atoms with van der Waals surface area (Å²) in [6.45, 7) is 4.07. The average Bonchev–Trinajstić information content (AvgIpc) is 3.28. The molecule has 1 aromatic carbocycles. The molecule has 2 aromatic heterocycles. The largest absolute Gasteiger partial charge is 0.330 e. The summed E-state index contributed by atoms with van der Waals surface area (Å²) >= 11 is 0. The highest BCUT2D eigenvalue weighted by Gasteiger charge is 2.59. The number of para-hydroxylation sites is 1. The van der Waals surface area contributed by atoms with Crippen molar-refractivity contribution in [2.24, 2.45) is 0 Å². The van der Waals surface area contributed by atoms with E-state index in [0.717, 1.165) is 16.8 Å². The van der Waals surface area contributed by atoms with Crippen LogP contribution in [0.4, 0.5) is 5.69 Å². The van der Waals surface area contributed by atoms with Crippen LogP contribution in [-0.2, 0) is 10.2 Å². The molecular weight excluding hydrogens is 378 g/mol. The fourth-order valence-corrected chi connectivity index (χ4v) is 4.95. The van der Waals surface area contributed by atoms with E-state index in [1.165, 1.54) is 6.33 Å². The second kappa shape index (κ2) is 6.73. The Morgan fingerprint density at radius 3 is 2.63 bits per heavy atom. The maximum atomic E-state index is 13.7. The first-order chi connectivity index (χ1) is 14.5. The number of hydrogen-bond acceptors (Lipinski definition) is 5. The van der Waals surface area contributed by atoms with E-state index in [4.69, 9.17) is 0 Å². The molecule has 1 fully saturated rings. The zero-order valence-electron chi connectivity index (χ0n) is 16.8. The number of amides is 2. The molecule has 150 valence electrons. The van der Waals surface area contributed by atoms with Crippen molar-refractivity contribution in [1.82, 2.24) is 19.9 Å². The first-order valence-electron chi connectivity index (χ1n) is 9.94. The molecule has 5 rings (SSSR count). The van der Waals surface area contributed by atoms with Crippen molar-refractivity contribution >= 4 is 17.5 Å². The van der Waals surface area contributed by atoms with Crippen LogP contribution in [-0.4, -0.2) is 38.2 Å². The van der Waals surface area contributed by atoms with Crippen molar-refractivity contribution in [1.29, 1.82) is 0 Å². The number of aromatic nitrogens is 3. The molecule has 2 unspecified atom stereocenters. The second-order valence-corrected chi connectivity index (χ2v) is 7.83. The number of aryl methyl sites for hydroxylation is 2. The van der Waals surface area contributed by atoms with E-state index >= 15 is 0 Å². The Kier molecular flexibility index (Phi) is 4.13. The highest BCUT2D eigenvalue weighted by atomic mass is 16.2. The summed E-state index contributed by atoms with van der Waals surface area (Å²) in [6, 6.07) is 11.0. The zero-order valence-corrected chi connectivity index (χ0v) is 16.8. The molecule has 2 amide bonds. The molecule has 0 aliphatic carbocycles. The molecule has 4 heterocycles. The Hall–Kier alpha value is -3.61. The number of nitrogens with zero attached hydrogens (tertiary/aromatic N) is 4. The van der Waals surface area contributed by atoms with Gasteiger partial charge in [0.15, 0.2) is 0 Å². The highest BCUT2D eigenvalue weighted by molar-refractivity contribution is 6.08. The van der Waals surface area contributed by atoms with Crippen LogP contribution in [0.3, 0.4) is 0 Å². The predicted molar refractivity (Wildman–Crippen MR) is 111 cm³/mol. The van der Waals surface area contributed by atoms with Crippen molar-refractivity contribution in [2.45, 2.75) is 31.7 Å². The van der Waals surface area contributed by atoms with Gasteiger partial charge < -0.3 is 10.2 Å². The van der Waals surface area contributed by atoms with Crippen LogP contribution in [0.2, 0.25) is 0 Å². The van der Waals surface area contributed by atoms with E-state index in [1.807, 2.05) is 50.2 Å². The standard InChI is InChI=1S/C23H21N5O2/c1-14-19(15(2)26-13-25-14)21(29)28-11-9-23(20(28)16-6-5-10-24-12-16)17-7-3-4-8-18(17)27-22(23)30/h3-8,10,12-13,20H,9,11H2,1-2H3,(H,27,30). The van der Waals surface area contributed by atoms with Gasteiger partial charge in [0.25, 0.3) is 5.91 Å². The predicted octanol–water partition coefficient (Wildman–Crippen LogP) is 2.97. The fraction of sp³-hybridized carbons (Fsp3) is 0.261. The van der Waals surface area contributed by atoms with Gasteiger partial charge in [0, 0.05) is 24.6 Å². The van der Waals surface area contributed by atoms with Crippen LogP contribution in [0, 0.1) is 13.8 Å². The summed E-state index contributed by atoms with van der Waals surface area (Å²) in [7, 11) is 0. The molecule has 7 nitrogen and oxygen atoms in total. The van der Waals surface area contributed by atoms with Gasteiger partial charge in [0.1, 0.15) is 11.7 Å². The number of pyridine rings is 1. The number of carbonyl (C=O) groups excluding carboxylic acids is 2. The number of benzene rings is 1. The minimum Gasteiger partial charge on any atom is -0.330 e. The van der Waals surface area contributed by atoms with Crippen LogP contribution in [0.5, 0.6) is 0 Å². The monoisotopic (exact) mass is 399 g/mol. The van der Waals surface area contributed by atoms with Gasteiger partial charge in [-0.1, -0.05) is 24.3 Å². The van der Waals surface area contributed by atoms with Crippen LogP contribution in [0.1, 0.15) is 45.3 Å². The van der Waals surface area contributed by atoms with E-state index in [9.17, 15) is 9.59 Å². The highest BCUT2D eigenvalue weighted by Crippen LogP contribution is 2.54. The number of carbonyl (C=O) groups is 2. The van der Waals surface area contributed by atoms with Crippen molar-refractivity contribution in [3.05, 3.63) is 83.2 Å². The summed E-state index contributed by atoms with van der Waals surface area (Å²) < 4.78 is 0. The van der Waals surface area contributed by atoms with Crippen molar-refractivity contribution in [2.75, 3.05) is 11.9 Å². The number of anilines is 1. The normalized spacial score (nSPS) is 22.3. The Morgan fingerprint density at radius 1 is 1.13 bits per heavy atom. The van der Waals surface area contributed by atoms with Crippen LogP contribution in [0.25, 0.3) is 0 Å². The Morgan fingerprint density at radius 2 is 1.90 bits per heavy atom. The lowest BCUT2D eigenvalue weighted by Gasteiger charge is -2.34. The number of hydrogen-bond donors (Lipinski definition) is 1. The molecule has 0 saturated carbocycles. The van der Waals surface area contributed by atoms with Gasteiger partial charge >= 0.3 is 0 Å². The van der Waals surface area contributed by atoms with E-state index in [1.54, 1.807) is 17.3 Å². The molecule has 30 heavy (non-hydrogen) atoms. The zero-order chi connectivity index (χ0) is 20.9. The Labute approximate surface area is 174 Å². The van der Waals surface area contributed by atoms with Crippen molar-refractivity contribution < 1.29 is 9.59 Å². The van der Waals surface area contributed by atoms with Crippen molar-refractivity contribution in [3.8, 4) is 0 Å². The van der Waals surface area contributed by atoms with Crippen LogP contribution < -0.4 is 5.32 Å². The summed E-state index contributed by atoms with van der Waals surface area (Å²) in [6.07, 6.45) is 5.44. The van der Waals surface area contributed by atoms with Crippen LogP contribution in [0.15, 0.2) is 55.1 Å². The fourth-order valence-electron chi connectivity index (χ4n) is 4.95. The smallest absolute Gasteiger partial charge is 0.258 e. The molecule has 2 aliphatic heterocycles. The molecular formula is C23H21N5O2. The molecule has 0 bridgehead atoms. The molecule has 1 spiro atoms. The Bertz CT molecular complexity index is 1140. The van der Waals surface area contributed by atoms with Gasteiger partial charge in [0.05, 0.1) is 23.0 Å². The first-order valence-corrected chi connectivity index (χ1v) is 9.94. The topological polar surface area (TPSA) is 88.1 Å².